The van der Waals surface area contributed by atoms with Gasteiger partial charge < -0.3 is 4.42 Å². The summed E-state index contributed by atoms with van der Waals surface area (Å²) in [7, 11) is -1.46. The Kier molecular flexibility index (Phi) is 9.65. The molecule has 0 unspecified atom stereocenters. The number of rotatable bonds is 6. The lowest BCUT2D eigenvalue weighted by Gasteiger charge is -2.27. The van der Waals surface area contributed by atoms with E-state index in [1.165, 1.54) is 12.1 Å². The van der Waals surface area contributed by atoms with E-state index in [2.05, 4.69) is 0 Å². The van der Waals surface area contributed by atoms with Crippen LogP contribution in [0, 0.1) is 99.7 Å². The van der Waals surface area contributed by atoms with Gasteiger partial charge in [-0.25, -0.2) is 43.9 Å². The zero-order valence-corrected chi connectivity index (χ0v) is 30.9. The first-order valence-electron chi connectivity index (χ1n) is 16.9. The third kappa shape index (κ3) is 5.91. The molecule has 0 N–H and O–H groups in total. The van der Waals surface area contributed by atoms with Crippen molar-refractivity contribution in [3.05, 3.63) is 152 Å². The summed E-state index contributed by atoms with van der Waals surface area (Å²) >= 11 is 0. The van der Waals surface area contributed by atoms with Crippen LogP contribution in [0.15, 0.2) is 65.1 Å². The second-order valence-electron chi connectivity index (χ2n) is 13.7. The van der Waals surface area contributed by atoms with Gasteiger partial charge in [-0.3, -0.25) is 0 Å². The van der Waals surface area contributed by atoms with Gasteiger partial charge >= 0.3 is 0 Å². The van der Waals surface area contributed by atoms with Crippen LogP contribution >= 0.6 is 7.92 Å². The number of aryl methyl sites for hydroxylation is 6. The van der Waals surface area contributed by atoms with E-state index in [9.17, 15) is 26.3 Å². The second kappa shape index (κ2) is 13.9. The fraction of sp³-hybridized carbons (Fsp3) is 0.143. The summed E-state index contributed by atoms with van der Waals surface area (Å²) in [5.41, 5.74) is 1.57. The van der Waals surface area contributed by atoms with Crippen molar-refractivity contribution in [2.45, 2.75) is 41.5 Å². The number of furan rings is 1. The molecule has 0 aliphatic rings. The first kappa shape index (κ1) is 38.2. The number of fused-ring (bicyclic) bond motifs is 3. The van der Waals surface area contributed by atoms with Crippen LogP contribution in [0.4, 0.5) is 43.9 Å². The van der Waals surface area contributed by atoms with Gasteiger partial charge in [0.05, 0.1) is 0 Å². The predicted molar refractivity (Wildman–Crippen MR) is 198 cm³/mol. The lowest BCUT2D eigenvalue weighted by Crippen LogP contribution is -2.58. The summed E-state index contributed by atoms with van der Waals surface area (Å²) in [6.07, 6.45) is 0. The minimum absolute atomic E-state index is 0.178. The maximum atomic E-state index is 15.7. The van der Waals surface area contributed by atoms with Crippen LogP contribution < -0.4 is 32.3 Å². The van der Waals surface area contributed by atoms with Crippen molar-refractivity contribution in [2.24, 2.45) is 0 Å². The van der Waals surface area contributed by atoms with Gasteiger partial charge in [0, 0.05) is 27.0 Å². The highest BCUT2D eigenvalue weighted by molar-refractivity contribution is 7.80. The van der Waals surface area contributed by atoms with Crippen molar-refractivity contribution in [3.8, 4) is 0 Å². The zero-order valence-electron chi connectivity index (χ0n) is 30.0. The fourth-order valence-electron chi connectivity index (χ4n) is 7.84. The standard InChI is InChI=1S/C42H28BF10OP/c1-17-13-19(3)41(20(4)14-17)55(42-21(5)15-18(2)16-22(42)6)26-12-8-10-24-23-9-7-11-25(39(23)54-40(24)26)43(27-29(44)33(48)37(52)34(49)30(27)45)28-31(46)35(50)38(53)36(51)32(28)47/h7-16H,1-6H3. The molecule has 0 saturated carbocycles. The van der Waals surface area contributed by atoms with E-state index in [1.54, 1.807) is 12.1 Å². The maximum Gasteiger partial charge on any atom is 0.261 e. The molecule has 0 aliphatic heterocycles. The topological polar surface area (TPSA) is 13.1 Å². The number of hydrogen-bond donors (Lipinski definition) is 0. The molecule has 7 aromatic rings. The maximum absolute atomic E-state index is 15.7. The minimum atomic E-state index is -2.79. The third-order valence-electron chi connectivity index (χ3n) is 9.87. The molecule has 13 heteroatoms. The quantitative estimate of drug-likeness (QED) is 0.0540. The van der Waals surface area contributed by atoms with Crippen molar-refractivity contribution in [2.75, 3.05) is 0 Å². The Morgan fingerprint density at radius 2 is 0.782 bits per heavy atom. The monoisotopic (exact) mass is 780 g/mol. The van der Waals surface area contributed by atoms with Gasteiger partial charge in [0.15, 0.2) is 58.2 Å². The summed E-state index contributed by atoms with van der Waals surface area (Å²) in [6, 6.07) is 17.2. The Morgan fingerprint density at radius 1 is 0.436 bits per heavy atom. The molecule has 0 fully saturated rings. The fourth-order valence-corrected chi connectivity index (χ4v) is 10.8. The molecule has 1 aromatic heterocycles. The number of hydrogen-bond acceptors (Lipinski definition) is 1. The summed E-state index contributed by atoms with van der Waals surface area (Å²) < 4.78 is 157. The third-order valence-corrected chi connectivity index (χ3v) is 13.0. The van der Waals surface area contributed by atoms with Crippen LogP contribution in [0.25, 0.3) is 21.9 Å². The van der Waals surface area contributed by atoms with E-state index in [-0.39, 0.29) is 16.6 Å². The Balaban J connectivity index is 1.63. The summed E-state index contributed by atoms with van der Waals surface area (Å²) in [6.45, 7) is 9.10. The Morgan fingerprint density at radius 3 is 1.18 bits per heavy atom. The molecular formula is C42H28BF10OP. The summed E-state index contributed by atoms with van der Waals surface area (Å²) in [5.74, 6) is -25.2. The molecule has 6 aromatic carbocycles. The first-order chi connectivity index (χ1) is 26.0. The van der Waals surface area contributed by atoms with E-state index < -0.39 is 89.2 Å². The Bertz CT molecular complexity index is 2530. The molecular weight excluding hydrogens is 752 g/mol. The normalized spacial score (nSPS) is 11.8. The minimum Gasteiger partial charge on any atom is -0.456 e. The van der Waals surface area contributed by atoms with E-state index in [1.807, 2.05) is 71.9 Å². The highest BCUT2D eigenvalue weighted by Gasteiger charge is 2.42. The molecule has 1 nitrogen and oxygen atoms in total. The molecule has 0 amide bonds. The molecule has 1 heterocycles. The van der Waals surface area contributed by atoms with Gasteiger partial charge in [-0.2, -0.15) is 0 Å². The van der Waals surface area contributed by atoms with Crippen molar-refractivity contribution < 1.29 is 48.3 Å². The van der Waals surface area contributed by atoms with Gasteiger partial charge in [0.2, 0.25) is 0 Å². The van der Waals surface area contributed by atoms with E-state index in [0.29, 0.717) is 10.7 Å². The predicted octanol–water partition coefficient (Wildman–Crippen LogP) is 9.10. The number of benzene rings is 6. The molecule has 280 valence electrons. The molecule has 0 saturated heterocycles. The van der Waals surface area contributed by atoms with E-state index in [0.717, 1.165) is 50.1 Å². The number of para-hydroxylation sites is 2. The highest BCUT2D eigenvalue weighted by Crippen LogP contribution is 2.42. The van der Waals surface area contributed by atoms with Crippen LogP contribution in [0.5, 0.6) is 0 Å². The van der Waals surface area contributed by atoms with E-state index >= 15 is 17.6 Å². The van der Waals surface area contributed by atoms with Crippen molar-refractivity contribution in [3.63, 3.8) is 0 Å². The Labute approximate surface area is 310 Å². The van der Waals surface area contributed by atoms with Gasteiger partial charge in [0.25, 0.3) is 6.71 Å². The Hall–Kier alpha value is -5.09. The van der Waals surface area contributed by atoms with Crippen LogP contribution in [0.2, 0.25) is 0 Å². The van der Waals surface area contributed by atoms with Gasteiger partial charge in [-0.05, 0) is 87.8 Å². The van der Waals surface area contributed by atoms with Gasteiger partial charge in [-0.1, -0.05) is 71.8 Å². The van der Waals surface area contributed by atoms with Crippen LogP contribution in [-0.4, -0.2) is 6.71 Å². The SMILES string of the molecule is Cc1cc(C)c(P(c2c(C)cc(C)cc2C)c2cccc3c2oc2c(B(c4c(F)c(F)c(F)c(F)c4F)c4c(F)c(F)c(F)c(F)c4F)cccc23)c(C)c1. The highest BCUT2D eigenvalue weighted by atomic mass is 31.1. The molecule has 0 bridgehead atoms. The lowest BCUT2D eigenvalue weighted by atomic mass is 9.36. The smallest absolute Gasteiger partial charge is 0.261 e. The van der Waals surface area contributed by atoms with Crippen LogP contribution in [0.1, 0.15) is 33.4 Å². The molecule has 0 radical (unpaired) electrons. The van der Waals surface area contributed by atoms with Crippen molar-refractivity contribution >= 4 is 68.9 Å². The van der Waals surface area contributed by atoms with E-state index in [4.69, 9.17) is 4.42 Å². The first-order valence-corrected chi connectivity index (χ1v) is 18.2. The molecule has 7 rings (SSSR count). The second-order valence-corrected chi connectivity index (χ2v) is 15.8. The largest absolute Gasteiger partial charge is 0.456 e. The van der Waals surface area contributed by atoms with Crippen LogP contribution in [0.3, 0.4) is 0 Å². The molecule has 55 heavy (non-hydrogen) atoms. The summed E-state index contributed by atoms with van der Waals surface area (Å²) in [5, 5.41) is 3.25. The molecule has 0 spiro atoms. The zero-order chi connectivity index (χ0) is 39.9. The number of halogens is 10. The van der Waals surface area contributed by atoms with Crippen molar-refractivity contribution in [1.29, 1.82) is 0 Å². The van der Waals surface area contributed by atoms with Crippen LogP contribution in [-0.2, 0) is 0 Å². The average Bonchev–Trinajstić information content (AvgIpc) is 3.52. The lowest BCUT2D eigenvalue weighted by molar-refractivity contribution is 0.382. The molecule has 0 atom stereocenters. The van der Waals surface area contributed by atoms with Gasteiger partial charge in [-0.15, -0.1) is 0 Å². The van der Waals surface area contributed by atoms with Gasteiger partial charge in [0.1, 0.15) is 11.2 Å². The average molecular weight is 780 g/mol. The molecule has 0 aliphatic carbocycles. The summed E-state index contributed by atoms with van der Waals surface area (Å²) in [4.78, 5) is 0. The van der Waals surface area contributed by atoms with Crippen molar-refractivity contribution in [1.82, 2.24) is 0 Å².